The number of benzene rings is 3. The maximum absolute atomic E-state index is 15.0. The standard InChI is InChI=1S/C49H59NO7/c1-45-21-18-36(51)28-47(45)24-25-49(39(29-47)43(52)33-11-6-5-7-12-33)41(45)19-22-46(2)42(49)20-23-48(46,54)31-50(30-35-15-16-37(55-3)27-40(35)56-4)44(53)57-38-17-14-32-10-8-9-13-34(32)26-38/h8-10,13-17,24-27,29,33,36,41-42,51,54H,5-7,11-12,18-23,28,30-31H2,1-4H3. The predicted molar refractivity (Wildman–Crippen MR) is 220 cm³/mol. The average Bonchev–Trinajstić information content (AvgIpc) is 3.50. The van der Waals surface area contributed by atoms with E-state index < -0.39 is 22.5 Å². The smallest absolute Gasteiger partial charge is 0.415 e. The number of ketones is 1. The van der Waals surface area contributed by atoms with Gasteiger partial charge in [-0.3, -0.25) is 4.79 Å². The van der Waals surface area contributed by atoms with Gasteiger partial charge in [0, 0.05) is 39.4 Å². The van der Waals surface area contributed by atoms with Crippen LogP contribution in [0.2, 0.25) is 0 Å². The second-order valence-electron chi connectivity index (χ2n) is 18.9. The Hall–Kier alpha value is -4.14. The number of allylic oxidation sites excluding steroid dienone is 4. The van der Waals surface area contributed by atoms with Gasteiger partial charge < -0.3 is 29.3 Å². The van der Waals surface area contributed by atoms with E-state index in [9.17, 15) is 15.0 Å². The average molecular weight is 774 g/mol. The summed E-state index contributed by atoms with van der Waals surface area (Å²) in [7, 11) is 3.21. The highest BCUT2D eigenvalue weighted by Gasteiger charge is 2.74. The van der Waals surface area contributed by atoms with E-state index in [-0.39, 0.29) is 47.8 Å². The van der Waals surface area contributed by atoms with Crippen LogP contribution < -0.4 is 14.2 Å². The molecule has 2 N–H and O–H groups in total. The van der Waals surface area contributed by atoms with E-state index in [4.69, 9.17) is 14.2 Å². The molecule has 7 aliphatic carbocycles. The van der Waals surface area contributed by atoms with E-state index in [1.54, 1.807) is 19.1 Å². The molecule has 8 unspecified atom stereocenters. The lowest BCUT2D eigenvalue weighted by molar-refractivity contribution is -0.178. The number of carbonyl (C=O) groups is 2. The summed E-state index contributed by atoms with van der Waals surface area (Å²) in [6, 6.07) is 19.2. The van der Waals surface area contributed by atoms with E-state index >= 15 is 4.79 Å². The summed E-state index contributed by atoms with van der Waals surface area (Å²) < 4.78 is 17.4. The normalized spacial score (nSPS) is 35.5. The molecule has 57 heavy (non-hydrogen) atoms. The van der Waals surface area contributed by atoms with E-state index in [1.807, 2.05) is 60.7 Å². The number of aliphatic hydroxyl groups is 2. The number of hydrogen-bond donors (Lipinski definition) is 2. The molecule has 0 radical (unpaired) electrons. The molecule has 8 atom stereocenters. The van der Waals surface area contributed by atoms with Crippen molar-refractivity contribution >= 4 is 22.6 Å². The lowest BCUT2D eigenvalue weighted by Crippen LogP contribution is -2.67. The number of rotatable bonds is 9. The fourth-order valence-corrected chi connectivity index (χ4v) is 13.3. The predicted octanol–water partition coefficient (Wildman–Crippen LogP) is 9.60. The Morgan fingerprint density at radius 3 is 2.28 bits per heavy atom. The van der Waals surface area contributed by atoms with Gasteiger partial charge in [0.05, 0.1) is 39.0 Å². The van der Waals surface area contributed by atoms with Gasteiger partial charge in [0.2, 0.25) is 0 Å². The number of carbonyl (C=O) groups excluding carboxylic acids is 2. The molecular formula is C49H59NO7. The van der Waals surface area contributed by atoms with E-state index in [1.165, 1.54) is 6.42 Å². The van der Waals surface area contributed by atoms with Gasteiger partial charge in [-0.2, -0.15) is 0 Å². The number of amides is 1. The molecule has 2 bridgehead atoms. The van der Waals surface area contributed by atoms with Crippen LogP contribution in [0.5, 0.6) is 17.2 Å². The van der Waals surface area contributed by atoms with Gasteiger partial charge in [-0.05, 0) is 110 Å². The maximum atomic E-state index is 15.0. The quantitative estimate of drug-likeness (QED) is 0.209. The van der Waals surface area contributed by atoms with Crippen molar-refractivity contribution in [2.24, 2.45) is 39.4 Å². The molecule has 8 heteroatoms. The van der Waals surface area contributed by atoms with Gasteiger partial charge in [-0.1, -0.05) is 81.7 Å². The topological polar surface area (TPSA) is 106 Å². The Morgan fingerprint density at radius 2 is 1.51 bits per heavy atom. The van der Waals surface area contributed by atoms with Crippen LogP contribution in [0, 0.1) is 39.4 Å². The molecular weight excluding hydrogens is 715 g/mol. The molecule has 10 rings (SSSR count). The Labute approximate surface area is 337 Å². The van der Waals surface area contributed by atoms with Crippen molar-refractivity contribution in [3.63, 3.8) is 0 Å². The van der Waals surface area contributed by atoms with Crippen LogP contribution in [0.4, 0.5) is 4.79 Å². The van der Waals surface area contributed by atoms with E-state index in [2.05, 4.69) is 32.1 Å². The molecule has 2 spiro atoms. The van der Waals surface area contributed by atoms with Crippen molar-refractivity contribution in [1.29, 1.82) is 0 Å². The first-order chi connectivity index (χ1) is 27.4. The summed E-state index contributed by atoms with van der Waals surface area (Å²) in [4.78, 5) is 31.2. The number of ether oxygens (including phenoxy) is 3. The van der Waals surface area contributed by atoms with Gasteiger partial charge in [-0.15, -0.1) is 0 Å². The van der Waals surface area contributed by atoms with Crippen molar-refractivity contribution in [2.75, 3.05) is 20.8 Å². The first-order valence-electron chi connectivity index (χ1n) is 21.4. The Bertz CT molecular complexity index is 2140. The van der Waals surface area contributed by atoms with Gasteiger partial charge >= 0.3 is 6.09 Å². The van der Waals surface area contributed by atoms with Gasteiger partial charge in [0.15, 0.2) is 5.78 Å². The number of methoxy groups -OCH3 is 2. The summed E-state index contributed by atoms with van der Waals surface area (Å²) >= 11 is 0. The zero-order chi connectivity index (χ0) is 39.8. The minimum Gasteiger partial charge on any atom is -0.497 e. The third-order valence-corrected chi connectivity index (χ3v) is 16.4. The molecule has 0 saturated heterocycles. The Kier molecular flexibility index (Phi) is 9.43. The highest BCUT2D eigenvalue weighted by atomic mass is 16.6. The fourth-order valence-electron chi connectivity index (χ4n) is 13.3. The third kappa shape index (κ3) is 5.82. The second-order valence-corrected chi connectivity index (χ2v) is 18.9. The van der Waals surface area contributed by atoms with Crippen LogP contribution in [-0.2, 0) is 11.3 Å². The van der Waals surface area contributed by atoms with E-state index in [0.29, 0.717) is 35.9 Å². The van der Waals surface area contributed by atoms with Crippen LogP contribution in [0.3, 0.4) is 0 Å². The van der Waals surface area contributed by atoms with Gasteiger partial charge in [0.25, 0.3) is 0 Å². The van der Waals surface area contributed by atoms with E-state index in [0.717, 1.165) is 79.7 Å². The zero-order valence-corrected chi connectivity index (χ0v) is 34.1. The highest BCUT2D eigenvalue weighted by molar-refractivity contribution is 6.00. The lowest BCUT2D eigenvalue weighted by atomic mass is 9.32. The maximum Gasteiger partial charge on any atom is 0.415 e. The minimum absolute atomic E-state index is 0.000328. The molecule has 3 aromatic rings. The molecule has 3 aromatic carbocycles. The first-order valence-corrected chi connectivity index (χ1v) is 21.4. The van der Waals surface area contributed by atoms with Crippen LogP contribution in [0.15, 0.2) is 84.5 Å². The lowest BCUT2D eigenvalue weighted by Gasteiger charge is -2.71. The molecule has 7 aliphatic rings. The molecule has 0 aliphatic heterocycles. The van der Waals surface area contributed by atoms with Crippen LogP contribution >= 0.6 is 0 Å². The van der Waals surface area contributed by atoms with Gasteiger partial charge in [-0.25, -0.2) is 4.79 Å². The molecule has 0 heterocycles. The van der Waals surface area contributed by atoms with Crippen molar-refractivity contribution in [3.8, 4) is 17.2 Å². The number of hydrogen-bond acceptors (Lipinski definition) is 7. The second kappa shape index (κ2) is 14.0. The monoisotopic (exact) mass is 773 g/mol. The largest absolute Gasteiger partial charge is 0.497 e. The molecule has 302 valence electrons. The third-order valence-electron chi connectivity index (χ3n) is 16.4. The van der Waals surface area contributed by atoms with Crippen molar-refractivity contribution in [2.45, 2.75) is 109 Å². The Morgan fingerprint density at radius 1 is 0.789 bits per heavy atom. The van der Waals surface area contributed by atoms with Gasteiger partial charge in [0.1, 0.15) is 17.2 Å². The summed E-state index contributed by atoms with van der Waals surface area (Å²) in [5.74, 6) is 2.22. The number of fused-ring (bicyclic) bond motifs is 2. The molecule has 4 saturated carbocycles. The van der Waals surface area contributed by atoms with Crippen molar-refractivity contribution < 1.29 is 34.0 Å². The number of aliphatic hydroxyl groups excluding tert-OH is 1. The summed E-state index contributed by atoms with van der Waals surface area (Å²) in [5, 5.41) is 26.4. The zero-order valence-electron chi connectivity index (χ0n) is 34.1. The summed E-state index contributed by atoms with van der Waals surface area (Å²) in [6.45, 7) is 4.88. The first kappa shape index (κ1) is 38.4. The number of Topliss-reactive ketones (excluding diaryl/α,β-unsaturated/α-hetero) is 1. The highest BCUT2D eigenvalue weighted by Crippen LogP contribution is 2.78. The minimum atomic E-state index is -1.26. The molecule has 4 fully saturated rings. The SMILES string of the molecule is COc1ccc(CN(CC2(O)CCC3C45C=CC6(C=C4C(=O)C4CCCCC4)CC(O)CCC6(C)C5CCC32C)C(=O)Oc2ccc3ccccc3c2)c(OC)c1. The molecule has 1 amide bonds. The summed E-state index contributed by atoms with van der Waals surface area (Å²) in [5.41, 5.74) is -1.09. The fraction of sp³-hybridized carbons (Fsp3) is 0.551. The number of nitrogens with zero attached hydrogens (tertiary/aromatic N) is 1. The van der Waals surface area contributed by atoms with Crippen molar-refractivity contribution in [3.05, 3.63) is 90.0 Å². The summed E-state index contributed by atoms with van der Waals surface area (Å²) in [6.07, 6.45) is 16.6. The van der Waals surface area contributed by atoms with Crippen LogP contribution in [-0.4, -0.2) is 59.5 Å². The van der Waals surface area contributed by atoms with Crippen molar-refractivity contribution in [1.82, 2.24) is 4.90 Å². The molecule has 0 aromatic heterocycles. The van der Waals surface area contributed by atoms with Crippen LogP contribution in [0.25, 0.3) is 10.8 Å². The Balaban J connectivity index is 1.09. The van der Waals surface area contributed by atoms with Crippen LogP contribution in [0.1, 0.15) is 96.5 Å². The molecule has 8 nitrogen and oxygen atoms in total.